The van der Waals surface area contributed by atoms with E-state index in [9.17, 15) is 4.79 Å². The number of nitrogens with zero attached hydrogens (tertiary/aromatic N) is 1. The van der Waals surface area contributed by atoms with Crippen molar-refractivity contribution in [2.45, 2.75) is 32.1 Å². The molecule has 0 aromatic rings. The summed E-state index contributed by atoms with van der Waals surface area (Å²) in [7, 11) is 0. The maximum Gasteiger partial charge on any atom is 0.309 e. The highest BCUT2D eigenvalue weighted by Crippen LogP contribution is 2.56. The number of carbonyl (C=O) groups is 1. The summed E-state index contributed by atoms with van der Waals surface area (Å²) in [6.07, 6.45) is 6.59. The average Bonchev–Trinajstić information content (AvgIpc) is 2.47. The maximum absolute atomic E-state index is 12.5. The van der Waals surface area contributed by atoms with E-state index in [1.54, 1.807) is 0 Å². The summed E-state index contributed by atoms with van der Waals surface area (Å²) in [5.41, 5.74) is 0. The van der Waals surface area contributed by atoms with Gasteiger partial charge >= 0.3 is 5.97 Å². The number of hydrogen-bond acceptors (Lipinski definition) is 4. The van der Waals surface area contributed by atoms with Crippen LogP contribution in [0.4, 0.5) is 0 Å². The van der Waals surface area contributed by atoms with Crippen LogP contribution in [0.25, 0.3) is 0 Å². The van der Waals surface area contributed by atoms with Gasteiger partial charge in [-0.1, -0.05) is 0 Å². The van der Waals surface area contributed by atoms with E-state index in [2.05, 4.69) is 4.90 Å². The molecule has 4 saturated carbocycles. The van der Waals surface area contributed by atoms with Gasteiger partial charge in [0.25, 0.3) is 0 Å². The molecule has 5 rings (SSSR count). The predicted molar refractivity (Wildman–Crippen MR) is 78.8 cm³/mol. The van der Waals surface area contributed by atoms with Crippen LogP contribution in [0.3, 0.4) is 0 Å². The van der Waals surface area contributed by atoms with Gasteiger partial charge in [-0.25, -0.2) is 0 Å². The molecule has 0 spiro atoms. The first-order valence-electron chi connectivity index (χ1n) is 8.76. The van der Waals surface area contributed by atoms with Gasteiger partial charge in [0.05, 0.1) is 19.1 Å². The Balaban J connectivity index is 1.27. The fraction of sp³-hybridized carbons (Fsp3) is 0.941. The number of ether oxygens (including phenoxy) is 2. The molecule has 0 aromatic carbocycles. The largest absolute Gasteiger partial charge is 0.464 e. The lowest BCUT2D eigenvalue weighted by atomic mass is 9.52. The second-order valence-electron chi connectivity index (χ2n) is 7.58. The standard InChI is InChI=1S/C17H27NO3/c19-17(21-6-3-18-1-4-20-5-2-18)16-14-8-12-7-13(10-14)11-15(16)9-12/h12-16H,1-11H2. The summed E-state index contributed by atoms with van der Waals surface area (Å²) in [5.74, 6) is 3.45. The molecule has 1 saturated heterocycles. The molecule has 21 heavy (non-hydrogen) atoms. The van der Waals surface area contributed by atoms with Crippen molar-refractivity contribution in [3.63, 3.8) is 0 Å². The molecule has 0 atom stereocenters. The molecule has 4 bridgehead atoms. The van der Waals surface area contributed by atoms with Gasteiger partial charge in [-0.15, -0.1) is 0 Å². The second-order valence-corrected chi connectivity index (χ2v) is 7.58. The van der Waals surface area contributed by atoms with Crippen LogP contribution in [-0.4, -0.2) is 50.3 Å². The highest BCUT2D eigenvalue weighted by molar-refractivity contribution is 5.73. The summed E-state index contributed by atoms with van der Waals surface area (Å²) in [5, 5.41) is 0. The number of hydrogen-bond donors (Lipinski definition) is 0. The number of esters is 1. The minimum Gasteiger partial charge on any atom is -0.464 e. The van der Waals surface area contributed by atoms with E-state index in [0.29, 0.717) is 18.4 Å². The molecule has 4 nitrogen and oxygen atoms in total. The van der Waals surface area contributed by atoms with Gasteiger partial charge in [-0.2, -0.15) is 0 Å². The quantitative estimate of drug-likeness (QED) is 0.743. The highest BCUT2D eigenvalue weighted by atomic mass is 16.5. The number of rotatable bonds is 4. The predicted octanol–water partition coefficient (Wildman–Crippen LogP) is 1.93. The zero-order valence-electron chi connectivity index (χ0n) is 12.8. The summed E-state index contributed by atoms with van der Waals surface area (Å²) >= 11 is 0. The molecule has 1 heterocycles. The van der Waals surface area contributed by atoms with E-state index in [-0.39, 0.29) is 11.9 Å². The molecule has 0 aromatic heterocycles. The Bertz CT molecular complexity index is 363. The van der Waals surface area contributed by atoms with Crippen molar-refractivity contribution in [2.75, 3.05) is 39.5 Å². The van der Waals surface area contributed by atoms with Crippen LogP contribution in [0.5, 0.6) is 0 Å². The monoisotopic (exact) mass is 293 g/mol. The zero-order chi connectivity index (χ0) is 14.2. The fourth-order valence-electron chi connectivity index (χ4n) is 5.51. The van der Waals surface area contributed by atoms with Crippen LogP contribution in [0.2, 0.25) is 0 Å². The third-order valence-corrected chi connectivity index (χ3v) is 6.25. The minimum atomic E-state index is 0.108. The van der Waals surface area contributed by atoms with Crippen molar-refractivity contribution in [1.82, 2.24) is 4.90 Å². The van der Waals surface area contributed by atoms with E-state index >= 15 is 0 Å². The van der Waals surface area contributed by atoms with Crippen LogP contribution >= 0.6 is 0 Å². The molecular weight excluding hydrogens is 266 g/mol. The van der Waals surface area contributed by atoms with Crippen molar-refractivity contribution >= 4 is 5.97 Å². The Morgan fingerprint density at radius 1 is 1.00 bits per heavy atom. The molecule has 0 unspecified atom stereocenters. The van der Waals surface area contributed by atoms with Gasteiger partial charge in [-0.05, 0) is 55.8 Å². The Hall–Kier alpha value is -0.610. The summed E-state index contributed by atoms with van der Waals surface area (Å²) in [6.45, 7) is 4.97. The van der Waals surface area contributed by atoms with Crippen molar-refractivity contribution in [3.8, 4) is 0 Å². The molecule has 4 heteroatoms. The van der Waals surface area contributed by atoms with Crippen molar-refractivity contribution < 1.29 is 14.3 Å². The van der Waals surface area contributed by atoms with Crippen molar-refractivity contribution in [3.05, 3.63) is 0 Å². The van der Waals surface area contributed by atoms with Crippen molar-refractivity contribution in [1.29, 1.82) is 0 Å². The molecule has 4 aliphatic carbocycles. The molecule has 1 aliphatic heterocycles. The van der Waals surface area contributed by atoms with Crippen LogP contribution in [-0.2, 0) is 14.3 Å². The molecular formula is C17H27NO3. The SMILES string of the molecule is O=C(OCCN1CCOCC1)C1C2CC3CC(C2)CC1C3. The Kier molecular flexibility index (Phi) is 3.92. The van der Waals surface area contributed by atoms with Crippen LogP contribution < -0.4 is 0 Å². The van der Waals surface area contributed by atoms with Crippen molar-refractivity contribution in [2.24, 2.45) is 29.6 Å². The maximum atomic E-state index is 12.5. The molecule has 0 amide bonds. The van der Waals surface area contributed by atoms with E-state index in [0.717, 1.165) is 44.7 Å². The summed E-state index contributed by atoms with van der Waals surface area (Å²) in [6, 6.07) is 0. The first kappa shape index (κ1) is 14.0. The number of morpholine rings is 1. The topological polar surface area (TPSA) is 38.8 Å². The smallest absolute Gasteiger partial charge is 0.309 e. The first-order valence-corrected chi connectivity index (χ1v) is 8.76. The van der Waals surface area contributed by atoms with E-state index in [1.807, 2.05) is 0 Å². The molecule has 118 valence electrons. The summed E-state index contributed by atoms with van der Waals surface area (Å²) < 4.78 is 11.0. The normalized spacial score (nSPS) is 42.2. The molecule has 5 fully saturated rings. The van der Waals surface area contributed by atoms with Gasteiger partial charge < -0.3 is 9.47 Å². The highest BCUT2D eigenvalue weighted by Gasteiger charge is 2.51. The minimum absolute atomic E-state index is 0.108. The lowest BCUT2D eigenvalue weighted by Crippen LogP contribution is -2.48. The van der Waals surface area contributed by atoms with Crippen LogP contribution in [0.15, 0.2) is 0 Å². The van der Waals surface area contributed by atoms with E-state index in [4.69, 9.17) is 9.47 Å². The third-order valence-electron chi connectivity index (χ3n) is 6.25. The molecule has 0 N–H and O–H groups in total. The van der Waals surface area contributed by atoms with Gasteiger partial charge in [-0.3, -0.25) is 9.69 Å². The second kappa shape index (κ2) is 5.88. The zero-order valence-corrected chi connectivity index (χ0v) is 12.8. The third kappa shape index (κ3) is 2.85. The first-order chi connectivity index (χ1) is 10.3. The van der Waals surface area contributed by atoms with Gasteiger partial charge in [0.1, 0.15) is 6.61 Å². The van der Waals surface area contributed by atoms with Gasteiger partial charge in [0, 0.05) is 19.6 Å². The number of carbonyl (C=O) groups excluding carboxylic acids is 1. The average molecular weight is 293 g/mol. The lowest BCUT2D eigenvalue weighted by molar-refractivity contribution is -0.163. The van der Waals surface area contributed by atoms with Gasteiger partial charge in [0.15, 0.2) is 0 Å². The van der Waals surface area contributed by atoms with Crippen LogP contribution in [0, 0.1) is 29.6 Å². The summed E-state index contributed by atoms with van der Waals surface area (Å²) in [4.78, 5) is 14.8. The van der Waals surface area contributed by atoms with E-state index in [1.165, 1.54) is 32.1 Å². The van der Waals surface area contributed by atoms with Gasteiger partial charge in [0.2, 0.25) is 0 Å². The fourth-order valence-corrected chi connectivity index (χ4v) is 5.51. The van der Waals surface area contributed by atoms with Crippen LogP contribution in [0.1, 0.15) is 32.1 Å². The Labute approximate surface area is 127 Å². The lowest BCUT2D eigenvalue weighted by Gasteiger charge is -2.53. The van der Waals surface area contributed by atoms with E-state index < -0.39 is 0 Å². The Morgan fingerprint density at radius 3 is 2.24 bits per heavy atom. The molecule has 5 aliphatic rings. The Morgan fingerprint density at radius 2 is 1.62 bits per heavy atom. The molecule has 0 radical (unpaired) electrons.